The molecule has 0 bridgehead atoms. The molecular weight excluding hydrogens is 260 g/mol. The summed E-state index contributed by atoms with van der Waals surface area (Å²) in [5, 5.41) is 4.40. The van der Waals surface area contributed by atoms with Crippen molar-refractivity contribution in [2.75, 3.05) is 31.7 Å². The molecule has 1 aromatic rings. The van der Waals surface area contributed by atoms with Crippen LogP contribution in [0, 0.1) is 0 Å². The standard InChI is InChI=1S/C15H23ClN2O/c1-3-18(9-10-19-2)15-6-4-5-14(16)13(15)11-17-12-7-8-12/h4-6,12,17H,3,7-11H2,1-2H3. The topological polar surface area (TPSA) is 24.5 Å². The third-order valence-electron chi connectivity index (χ3n) is 3.53. The smallest absolute Gasteiger partial charge is 0.0637 e. The lowest BCUT2D eigenvalue weighted by Crippen LogP contribution is -2.29. The molecule has 1 aliphatic carbocycles. The van der Waals surface area contributed by atoms with Crippen molar-refractivity contribution < 1.29 is 4.74 Å². The number of anilines is 1. The van der Waals surface area contributed by atoms with Crippen LogP contribution in [-0.4, -0.2) is 32.8 Å². The molecule has 0 unspecified atom stereocenters. The Morgan fingerprint density at radius 1 is 1.42 bits per heavy atom. The Kier molecular flexibility index (Phi) is 5.49. The highest BCUT2D eigenvalue weighted by molar-refractivity contribution is 6.31. The van der Waals surface area contributed by atoms with Crippen molar-refractivity contribution in [3.8, 4) is 0 Å². The molecule has 1 saturated carbocycles. The zero-order chi connectivity index (χ0) is 13.7. The second kappa shape index (κ2) is 7.13. The van der Waals surface area contributed by atoms with Crippen molar-refractivity contribution in [3.05, 3.63) is 28.8 Å². The molecule has 1 aliphatic rings. The number of nitrogens with one attached hydrogen (secondary N) is 1. The molecule has 106 valence electrons. The van der Waals surface area contributed by atoms with Crippen LogP contribution in [0.3, 0.4) is 0 Å². The van der Waals surface area contributed by atoms with Crippen LogP contribution in [0.4, 0.5) is 5.69 Å². The van der Waals surface area contributed by atoms with Crippen LogP contribution in [0.5, 0.6) is 0 Å². The second-order valence-electron chi connectivity index (χ2n) is 4.97. The third-order valence-corrected chi connectivity index (χ3v) is 3.88. The Morgan fingerprint density at radius 3 is 2.84 bits per heavy atom. The number of likely N-dealkylation sites (N-methyl/N-ethyl adjacent to an activating group) is 1. The van der Waals surface area contributed by atoms with Crippen molar-refractivity contribution >= 4 is 17.3 Å². The van der Waals surface area contributed by atoms with E-state index in [1.807, 2.05) is 12.1 Å². The van der Waals surface area contributed by atoms with E-state index in [-0.39, 0.29) is 0 Å². The molecule has 3 nitrogen and oxygen atoms in total. The number of hydrogen-bond donors (Lipinski definition) is 1. The first-order valence-corrected chi connectivity index (χ1v) is 7.38. The molecule has 19 heavy (non-hydrogen) atoms. The molecule has 1 aromatic carbocycles. The van der Waals surface area contributed by atoms with Gasteiger partial charge < -0.3 is 15.0 Å². The third kappa shape index (κ3) is 4.10. The van der Waals surface area contributed by atoms with Crippen LogP contribution >= 0.6 is 11.6 Å². The highest BCUT2D eigenvalue weighted by Gasteiger charge is 2.21. The number of methoxy groups -OCH3 is 1. The first-order valence-electron chi connectivity index (χ1n) is 7.01. The van der Waals surface area contributed by atoms with Crippen molar-refractivity contribution in [2.24, 2.45) is 0 Å². The van der Waals surface area contributed by atoms with Crippen molar-refractivity contribution in [1.29, 1.82) is 0 Å². The number of nitrogens with zero attached hydrogens (tertiary/aromatic N) is 1. The Morgan fingerprint density at radius 2 is 2.21 bits per heavy atom. The summed E-state index contributed by atoms with van der Waals surface area (Å²) < 4.78 is 5.18. The maximum absolute atomic E-state index is 6.37. The van der Waals surface area contributed by atoms with Gasteiger partial charge in [-0.1, -0.05) is 17.7 Å². The predicted octanol–water partition coefficient (Wildman–Crippen LogP) is 3.06. The molecule has 0 radical (unpaired) electrons. The minimum Gasteiger partial charge on any atom is -0.383 e. The largest absolute Gasteiger partial charge is 0.383 e. The Balaban J connectivity index is 2.13. The average molecular weight is 283 g/mol. The minimum atomic E-state index is 0.693. The fourth-order valence-electron chi connectivity index (χ4n) is 2.20. The highest BCUT2D eigenvalue weighted by Crippen LogP contribution is 2.29. The lowest BCUT2D eigenvalue weighted by Gasteiger charge is -2.26. The zero-order valence-electron chi connectivity index (χ0n) is 11.8. The van der Waals surface area contributed by atoms with Crippen LogP contribution in [0.1, 0.15) is 25.3 Å². The maximum Gasteiger partial charge on any atom is 0.0637 e. The lowest BCUT2D eigenvalue weighted by atomic mass is 10.1. The molecule has 1 N–H and O–H groups in total. The Labute approximate surface area is 120 Å². The van der Waals surface area contributed by atoms with E-state index in [0.29, 0.717) is 6.04 Å². The van der Waals surface area contributed by atoms with E-state index in [2.05, 4.69) is 23.2 Å². The highest BCUT2D eigenvalue weighted by atomic mass is 35.5. The van der Waals surface area contributed by atoms with E-state index in [1.165, 1.54) is 24.1 Å². The quantitative estimate of drug-likeness (QED) is 0.793. The fraction of sp³-hybridized carbons (Fsp3) is 0.600. The summed E-state index contributed by atoms with van der Waals surface area (Å²) in [6.45, 7) is 5.59. The number of hydrogen-bond acceptors (Lipinski definition) is 3. The summed E-state index contributed by atoms with van der Waals surface area (Å²) in [7, 11) is 1.74. The van der Waals surface area contributed by atoms with E-state index in [0.717, 1.165) is 31.3 Å². The number of benzene rings is 1. The Hall–Kier alpha value is -0.770. The van der Waals surface area contributed by atoms with E-state index in [1.54, 1.807) is 7.11 Å². The van der Waals surface area contributed by atoms with Crippen LogP contribution < -0.4 is 10.2 Å². The van der Waals surface area contributed by atoms with Crippen molar-refractivity contribution in [3.63, 3.8) is 0 Å². The Bertz CT molecular complexity index is 407. The molecule has 0 amide bonds. The van der Waals surface area contributed by atoms with Gasteiger partial charge in [0.1, 0.15) is 0 Å². The monoisotopic (exact) mass is 282 g/mol. The zero-order valence-corrected chi connectivity index (χ0v) is 12.5. The molecular formula is C15H23ClN2O. The van der Waals surface area contributed by atoms with Gasteiger partial charge in [-0.2, -0.15) is 0 Å². The summed E-state index contributed by atoms with van der Waals surface area (Å²) in [5.41, 5.74) is 2.43. The summed E-state index contributed by atoms with van der Waals surface area (Å²) in [4.78, 5) is 2.32. The van der Waals surface area contributed by atoms with Crippen molar-refractivity contribution in [2.45, 2.75) is 32.4 Å². The molecule has 0 spiro atoms. The summed E-state index contributed by atoms with van der Waals surface area (Å²) in [6.07, 6.45) is 2.59. The van der Waals surface area contributed by atoms with Gasteiger partial charge in [-0.15, -0.1) is 0 Å². The molecule has 0 aromatic heterocycles. The van der Waals surface area contributed by atoms with Crippen LogP contribution in [0.15, 0.2) is 18.2 Å². The second-order valence-corrected chi connectivity index (χ2v) is 5.37. The van der Waals surface area contributed by atoms with Crippen LogP contribution in [0.25, 0.3) is 0 Å². The van der Waals surface area contributed by atoms with Crippen LogP contribution in [-0.2, 0) is 11.3 Å². The van der Waals surface area contributed by atoms with Gasteiger partial charge in [0.2, 0.25) is 0 Å². The van der Waals surface area contributed by atoms with Gasteiger partial charge in [-0.05, 0) is 31.9 Å². The normalized spacial score (nSPS) is 14.7. The van der Waals surface area contributed by atoms with Gasteiger partial charge in [-0.3, -0.25) is 0 Å². The van der Waals surface area contributed by atoms with Gasteiger partial charge in [0.05, 0.1) is 6.61 Å². The van der Waals surface area contributed by atoms with Gasteiger partial charge in [0.15, 0.2) is 0 Å². The molecule has 4 heteroatoms. The number of ether oxygens (including phenoxy) is 1. The lowest BCUT2D eigenvalue weighted by molar-refractivity contribution is 0.205. The SMILES string of the molecule is CCN(CCOC)c1cccc(Cl)c1CNC1CC1. The van der Waals surface area contributed by atoms with E-state index >= 15 is 0 Å². The number of halogens is 1. The van der Waals surface area contributed by atoms with Gasteiger partial charge in [0, 0.05) is 49.1 Å². The maximum atomic E-state index is 6.37. The van der Waals surface area contributed by atoms with Crippen molar-refractivity contribution in [1.82, 2.24) is 5.32 Å². The first-order chi connectivity index (χ1) is 9.26. The summed E-state index contributed by atoms with van der Waals surface area (Å²) in [5.74, 6) is 0. The van der Waals surface area contributed by atoms with Gasteiger partial charge in [-0.25, -0.2) is 0 Å². The minimum absolute atomic E-state index is 0.693. The predicted molar refractivity (Wildman–Crippen MR) is 81.1 cm³/mol. The van der Waals surface area contributed by atoms with Gasteiger partial charge >= 0.3 is 0 Å². The molecule has 0 heterocycles. The molecule has 0 aliphatic heterocycles. The van der Waals surface area contributed by atoms with E-state index in [9.17, 15) is 0 Å². The molecule has 2 rings (SSSR count). The molecule has 0 atom stereocenters. The molecule has 0 saturated heterocycles. The fourth-order valence-corrected chi connectivity index (χ4v) is 2.44. The average Bonchev–Trinajstić information content (AvgIpc) is 3.23. The summed E-state index contributed by atoms with van der Waals surface area (Å²) >= 11 is 6.37. The summed E-state index contributed by atoms with van der Waals surface area (Å²) in [6, 6.07) is 6.83. The van der Waals surface area contributed by atoms with Gasteiger partial charge in [0.25, 0.3) is 0 Å². The van der Waals surface area contributed by atoms with E-state index < -0.39 is 0 Å². The first kappa shape index (κ1) is 14.6. The number of rotatable bonds is 8. The van der Waals surface area contributed by atoms with E-state index in [4.69, 9.17) is 16.3 Å². The molecule has 1 fully saturated rings. The van der Waals surface area contributed by atoms with Crippen LogP contribution in [0.2, 0.25) is 5.02 Å².